The van der Waals surface area contributed by atoms with E-state index in [9.17, 15) is 4.79 Å². The van der Waals surface area contributed by atoms with Gasteiger partial charge in [-0.15, -0.1) is 0 Å². The van der Waals surface area contributed by atoms with Crippen molar-refractivity contribution in [2.45, 2.75) is 47.5 Å². The molecule has 0 spiro atoms. The molecule has 4 aromatic rings. The third-order valence-corrected chi connectivity index (χ3v) is 6.57. The minimum atomic E-state index is -0.358. The number of H-pyrrole nitrogens is 1. The van der Waals surface area contributed by atoms with Crippen molar-refractivity contribution in [3.8, 4) is 16.9 Å². The molecule has 7 heteroatoms. The average molecular weight is 481 g/mol. The number of halogens is 1. The van der Waals surface area contributed by atoms with Gasteiger partial charge in [0.1, 0.15) is 17.2 Å². The summed E-state index contributed by atoms with van der Waals surface area (Å²) in [5, 5.41) is 5.84. The summed E-state index contributed by atoms with van der Waals surface area (Å²) >= 11 is 6.26. The van der Waals surface area contributed by atoms with E-state index in [2.05, 4.69) is 10.1 Å². The molecule has 0 amide bonds. The van der Waals surface area contributed by atoms with E-state index in [0.717, 1.165) is 67.4 Å². The first-order chi connectivity index (χ1) is 16.3. The Morgan fingerprint density at radius 3 is 2.53 bits per heavy atom. The van der Waals surface area contributed by atoms with E-state index in [0.29, 0.717) is 25.3 Å². The van der Waals surface area contributed by atoms with Gasteiger partial charge in [-0.2, -0.15) is 0 Å². The molecule has 0 bridgehead atoms. The highest BCUT2D eigenvalue weighted by Gasteiger charge is 2.22. The van der Waals surface area contributed by atoms with E-state index in [-0.39, 0.29) is 5.97 Å². The Bertz CT molecular complexity index is 1310. The predicted molar refractivity (Wildman–Crippen MR) is 134 cm³/mol. The van der Waals surface area contributed by atoms with Crippen LogP contribution in [-0.4, -0.2) is 29.3 Å². The fraction of sp³-hybridized carbons (Fsp3) is 0.333. The molecule has 0 saturated heterocycles. The zero-order valence-electron chi connectivity index (χ0n) is 20.2. The number of nitrogens with one attached hydrogen (secondary N) is 1. The van der Waals surface area contributed by atoms with Crippen LogP contribution in [0.2, 0.25) is 5.02 Å². The predicted octanol–water partition coefficient (Wildman–Crippen LogP) is 6.90. The van der Waals surface area contributed by atoms with Crippen LogP contribution < -0.4 is 4.74 Å². The van der Waals surface area contributed by atoms with Crippen LogP contribution in [0, 0.1) is 27.7 Å². The second-order valence-electron chi connectivity index (χ2n) is 8.45. The normalized spacial score (nSPS) is 11.2. The second-order valence-corrected chi connectivity index (χ2v) is 8.83. The number of aromatic nitrogens is 2. The highest BCUT2D eigenvalue weighted by atomic mass is 35.5. The zero-order chi connectivity index (χ0) is 24.4. The lowest BCUT2D eigenvalue weighted by Gasteiger charge is -2.10. The Kier molecular flexibility index (Phi) is 6.98. The molecule has 2 aromatic carbocycles. The van der Waals surface area contributed by atoms with Crippen molar-refractivity contribution in [3.05, 3.63) is 69.2 Å². The van der Waals surface area contributed by atoms with Crippen LogP contribution in [0.15, 0.2) is 34.9 Å². The van der Waals surface area contributed by atoms with Crippen molar-refractivity contribution < 1.29 is 18.8 Å². The number of aromatic amines is 1. The Morgan fingerprint density at radius 2 is 1.88 bits per heavy atom. The molecule has 4 rings (SSSR count). The molecular formula is C27H29ClN2O4. The summed E-state index contributed by atoms with van der Waals surface area (Å²) in [6.07, 6.45) is 1.39. The highest BCUT2D eigenvalue weighted by Crippen LogP contribution is 2.36. The number of ether oxygens (including phenoxy) is 2. The largest absolute Gasteiger partial charge is 0.494 e. The van der Waals surface area contributed by atoms with Gasteiger partial charge in [-0.1, -0.05) is 35.0 Å². The van der Waals surface area contributed by atoms with Crippen LogP contribution in [0.4, 0.5) is 0 Å². The van der Waals surface area contributed by atoms with Crippen LogP contribution in [0.3, 0.4) is 0 Å². The molecule has 34 heavy (non-hydrogen) atoms. The lowest BCUT2D eigenvalue weighted by molar-refractivity contribution is 0.0519. The maximum atomic E-state index is 12.8. The van der Waals surface area contributed by atoms with E-state index < -0.39 is 0 Å². The molecule has 1 N–H and O–H groups in total. The van der Waals surface area contributed by atoms with E-state index in [4.69, 9.17) is 25.6 Å². The van der Waals surface area contributed by atoms with E-state index in [1.54, 1.807) is 6.92 Å². The molecule has 178 valence electrons. The Morgan fingerprint density at radius 1 is 1.15 bits per heavy atom. The molecule has 0 aliphatic heterocycles. The van der Waals surface area contributed by atoms with E-state index in [1.807, 2.05) is 58.0 Å². The number of esters is 1. The molecule has 2 aromatic heterocycles. The number of fused-ring (bicyclic) bond motifs is 1. The number of hydrogen-bond donors (Lipinski definition) is 1. The fourth-order valence-corrected chi connectivity index (χ4v) is 4.52. The number of benzene rings is 2. The standard InChI is InChI=1S/C27H29ClN2O4/c1-6-32-27(31)26-21(11-8-12-33-19-13-15(2)24(28)16(3)14-19)20-9-7-10-22(25(20)29-26)23-17(4)30-34-18(23)5/h7,9-10,13-14,29H,6,8,11-12H2,1-5H3. The number of carbonyl (C=O) groups is 1. The number of para-hydroxylation sites is 1. The van der Waals surface area contributed by atoms with Crippen molar-refractivity contribution in [2.24, 2.45) is 0 Å². The number of rotatable bonds is 8. The SMILES string of the molecule is CCOC(=O)c1[nH]c2c(-c3c(C)noc3C)cccc2c1CCCOc1cc(C)c(Cl)c(C)c1. The van der Waals surface area contributed by atoms with Crippen LogP contribution in [-0.2, 0) is 11.2 Å². The first-order valence-electron chi connectivity index (χ1n) is 11.4. The number of hydrogen-bond acceptors (Lipinski definition) is 5. The summed E-state index contributed by atoms with van der Waals surface area (Å²) in [6, 6.07) is 9.92. The topological polar surface area (TPSA) is 77.4 Å². The highest BCUT2D eigenvalue weighted by molar-refractivity contribution is 6.32. The third-order valence-electron chi connectivity index (χ3n) is 5.97. The minimum absolute atomic E-state index is 0.308. The van der Waals surface area contributed by atoms with Gasteiger partial charge in [0, 0.05) is 21.5 Å². The first kappa shape index (κ1) is 23.9. The smallest absolute Gasteiger partial charge is 0.355 e. The summed E-state index contributed by atoms with van der Waals surface area (Å²) in [5.74, 6) is 1.17. The van der Waals surface area contributed by atoms with Gasteiger partial charge in [-0.25, -0.2) is 4.79 Å². The lowest BCUT2D eigenvalue weighted by Crippen LogP contribution is -2.09. The molecule has 0 radical (unpaired) electrons. The van der Waals surface area contributed by atoms with Crippen molar-refractivity contribution in [1.82, 2.24) is 10.1 Å². The summed E-state index contributed by atoms with van der Waals surface area (Å²) < 4.78 is 16.7. The Balaban J connectivity index is 1.64. The number of nitrogens with zero attached hydrogens (tertiary/aromatic N) is 1. The van der Waals surface area contributed by atoms with Gasteiger partial charge >= 0.3 is 5.97 Å². The van der Waals surface area contributed by atoms with Crippen molar-refractivity contribution >= 4 is 28.5 Å². The summed E-state index contributed by atoms with van der Waals surface area (Å²) in [6.45, 7) is 10.4. The van der Waals surface area contributed by atoms with E-state index in [1.165, 1.54) is 0 Å². The van der Waals surface area contributed by atoms with Gasteiger partial charge < -0.3 is 19.0 Å². The first-order valence-corrected chi connectivity index (χ1v) is 11.8. The molecule has 2 heterocycles. The average Bonchev–Trinajstić information content (AvgIpc) is 3.34. The third kappa shape index (κ3) is 4.55. The number of aryl methyl sites for hydroxylation is 5. The van der Waals surface area contributed by atoms with Gasteiger partial charge in [0.25, 0.3) is 0 Å². The summed E-state index contributed by atoms with van der Waals surface area (Å²) in [5.41, 5.74) is 6.96. The lowest BCUT2D eigenvalue weighted by atomic mass is 9.99. The molecule has 6 nitrogen and oxygen atoms in total. The van der Waals surface area contributed by atoms with Gasteiger partial charge in [0.05, 0.1) is 24.4 Å². The summed E-state index contributed by atoms with van der Waals surface area (Å²) in [4.78, 5) is 16.1. The van der Waals surface area contributed by atoms with Gasteiger partial charge in [0.2, 0.25) is 0 Å². The van der Waals surface area contributed by atoms with Crippen LogP contribution in [0.5, 0.6) is 5.75 Å². The second kappa shape index (κ2) is 9.94. The zero-order valence-corrected chi connectivity index (χ0v) is 20.9. The van der Waals surface area contributed by atoms with Crippen LogP contribution >= 0.6 is 11.6 Å². The maximum absolute atomic E-state index is 12.8. The van der Waals surface area contributed by atoms with Crippen molar-refractivity contribution in [2.75, 3.05) is 13.2 Å². The Labute approximate surface area is 204 Å². The van der Waals surface area contributed by atoms with E-state index >= 15 is 0 Å². The van der Waals surface area contributed by atoms with Gasteiger partial charge in [0.15, 0.2) is 0 Å². The molecule has 0 fully saturated rings. The van der Waals surface area contributed by atoms with Gasteiger partial charge in [-0.05, 0) is 76.3 Å². The van der Waals surface area contributed by atoms with Crippen molar-refractivity contribution in [3.63, 3.8) is 0 Å². The quantitative estimate of drug-likeness (QED) is 0.219. The molecule has 0 aliphatic carbocycles. The fourth-order valence-electron chi connectivity index (χ4n) is 4.42. The monoisotopic (exact) mass is 480 g/mol. The van der Waals surface area contributed by atoms with Crippen LogP contribution in [0.25, 0.3) is 22.0 Å². The molecule has 0 aliphatic rings. The molecule has 0 unspecified atom stereocenters. The van der Waals surface area contributed by atoms with Gasteiger partial charge in [-0.3, -0.25) is 0 Å². The molecular weight excluding hydrogens is 452 g/mol. The van der Waals surface area contributed by atoms with Crippen LogP contribution in [0.1, 0.15) is 52.0 Å². The molecule has 0 atom stereocenters. The minimum Gasteiger partial charge on any atom is -0.494 e. The summed E-state index contributed by atoms with van der Waals surface area (Å²) in [7, 11) is 0. The molecule has 0 saturated carbocycles. The Hall–Kier alpha value is -3.25. The van der Waals surface area contributed by atoms with Crippen molar-refractivity contribution in [1.29, 1.82) is 0 Å². The maximum Gasteiger partial charge on any atom is 0.355 e. The number of carbonyl (C=O) groups excluding carboxylic acids is 1.